The van der Waals surface area contributed by atoms with Crippen LogP contribution in [0, 0.1) is 6.92 Å². The van der Waals surface area contributed by atoms with Crippen LogP contribution in [0.25, 0.3) is 22.4 Å². The summed E-state index contributed by atoms with van der Waals surface area (Å²) in [5, 5.41) is 3.33. The molecule has 0 atom stereocenters. The molecule has 0 radical (unpaired) electrons. The molecule has 0 saturated heterocycles. The largest absolute Gasteiger partial charge is 0.340 e. The predicted molar refractivity (Wildman–Crippen MR) is 95.0 cm³/mol. The van der Waals surface area contributed by atoms with E-state index >= 15 is 0 Å². The lowest BCUT2D eigenvalue weighted by molar-refractivity contribution is 1.11. The van der Waals surface area contributed by atoms with Gasteiger partial charge in [0.1, 0.15) is 5.82 Å². The van der Waals surface area contributed by atoms with Gasteiger partial charge in [-0.15, -0.1) is 0 Å². The molecule has 0 spiro atoms. The molecule has 0 fully saturated rings. The Morgan fingerprint density at radius 2 is 1.58 bits per heavy atom. The van der Waals surface area contributed by atoms with Gasteiger partial charge in [0, 0.05) is 35.4 Å². The molecule has 0 aliphatic rings. The van der Waals surface area contributed by atoms with E-state index in [0.29, 0.717) is 5.82 Å². The average molecular weight is 313 g/mol. The van der Waals surface area contributed by atoms with Crippen LogP contribution in [-0.2, 0) is 0 Å². The number of aryl methyl sites for hydroxylation is 1. The average Bonchev–Trinajstić information content (AvgIpc) is 2.62. The summed E-state index contributed by atoms with van der Waals surface area (Å²) in [6, 6.07) is 17.7. The molecule has 2 heterocycles. The third-order valence-corrected chi connectivity index (χ3v) is 3.63. The van der Waals surface area contributed by atoms with Crippen molar-refractivity contribution in [3.8, 4) is 11.4 Å². The molecule has 0 amide bonds. The van der Waals surface area contributed by atoms with E-state index in [2.05, 4.69) is 25.3 Å². The maximum atomic E-state index is 4.62. The lowest BCUT2D eigenvalue weighted by Gasteiger charge is -2.09. The van der Waals surface area contributed by atoms with E-state index in [1.807, 2.05) is 61.5 Å². The van der Waals surface area contributed by atoms with Crippen LogP contribution in [0.2, 0.25) is 0 Å². The number of anilines is 2. The van der Waals surface area contributed by atoms with Gasteiger partial charge in [0.15, 0.2) is 5.82 Å². The molecule has 0 aliphatic carbocycles. The zero-order valence-corrected chi connectivity index (χ0v) is 13.1. The van der Waals surface area contributed by atoms with Crippen LogP contribution in [-0.4, -0.2) is 19.9 Å². The van der Waals surface area contributed by atoms with Crippen LogP contribution in [0.4, 0.5) is 11.5 Å². The Bertz CT molecular complexity index is 999. The van der Waals surface area contributed by atoms with Crippen molar-refractivity contribution in [2.75, 3.05) is 5.32 Å². The third-order valence-electron chi connectivity index (χ3n) is 3.63. The Morgan fingerprint density at radius 3 is 2.42 bits per heavy atom. The van der Waals surface area contributed by atoms with E-state index in [1.165, 1.54) is 0 Å². The molecular formula is C19H15N5. The summed E-state index contributed by atoms with van der Waals surface area (Å²) in [6.07, 6.45) is 3.38. The number of hydrogen-bond acceptors (Lipinski definition) is 5. The van der Waals surface area contributed by atoms with Gasteiger partial charge in [-0.05, 0) is 25.1 Å². The Balaban J connectivity index is 1.69. The number of nitrogens with one attached hydrogen (secondary N) is 1. The minimum atomic E-state index is 0.707. The molecule has 2 aromatic heterocycles. The van der Waals surface area contributed by atoms with Gasteiger partial charge >= 0.3 is 0 Å². The first-order valence-electron chi connectivity index (χ1n) is 7.67. The van der Waals surface area contributed by atoms with Crippen molar-refractivity contribution >= 4 is 22.5 Å². The number of aromatic nitrogens is 4. The van der Waals surface area contributed by atoms with Crippen LogP contribution < -0.4 is 5.32 Å². The van der Waals surface area contributed by atoms with Gasteiger partial charge in [-0.3, -0.25) is 9.97 Å². The molecule has 4 aromatic rings. The number of rotatable bonds is 3. The fraction of sp³-hybridized carbons (Fsp3) is 0.0526. The topological polar surface area (TPSA) is 63.6 Å². The van der Waals surface area contributed by atoms with Crippen molar-refractivity contribution < 1.29 is 0 Å². The molecule has 24 heavy (non-hydrogen) atoms. The van der Waals surface area contributed by atoms with Crippen molar-refractivity contribution in [1.82, 2.24) is 19.9 Å². The predicted octanol–water partition coefficient (Wildman–Crippen LogP) is 4.14. The van der Waals surface area contributed by atoms with Crippen LogP contribution in [0.5, 0.6) is 0 Å². The summed E-state index contributed by atoms with van der Waals surface area (Å²) in [4.78, 5) is 17.8. The molecule has 0 bridgehead atoms. The monoisotopic (exact) mass is 313 g/mol. The second kappa shape index (κ2) is 6.04. The molecule has 5 heteroatoms. The quantitative estimate of drug-likeness (QED) is 0.616. The van der Waals surface area contributed by atoms with E-state index in [4.69, 9.17) is 0 Å². The maximum Gasteiger partial charge on any atom is 0.161 e. The number of fused-ring (bicyclic) bond motifs is 1. The number of nitrogens with zero attached hydrogens (tertiary/aromatic N) is 4. The summed E-state index contributed by atoms with van der Waals surface area (Å²) in [7, 11) is 0. The highest BCUT2D eigenvalue weighted by molar-refractivity contribution is 5.79. The fourth-order valence-electron chi connectivity index (χ4n) is 2.54. The van der Waals surface area contributed by atoms with E-state index in [9.17, 15) is 0 Å². The second-order valence-electron chi connectivity index (χ2n) is 5.47. The molecule has 0 aliphatic heterocycles. The highest BCUT2D eigenvalue weighted by atomic mass is 15.0. The van der Waals surface area contributed by atoms with Crippen LogP contribution in [0.3, 0.4) is 0 Å². The maximum absolute atomic E-state index is 4.62. The first kappa shape index (κ1) is 14.3. The highest BCUT2D eigenvalue weighted by Crippen LogP contribution is 2.22. The van der Waals surface area contributed by atoms with Gasteiger partial charge in [-0.1, -0.05) is 30.3 Å². The van der Waals surface area contributed by atoms with Crippen molar-refractivity contribution in [3.63, 3.8) is 0 Å². The van der Waals surface area contributed by atoms with Crippen LogP contribution >= 0.6 is 0 Å². The van der Waals surface area contributed by atoms with Gasteiger partial charge in [-0.25, -0.2) is 9.97 Å². The van der Waals surface area contributed by atoms with Crippen molar-refractivity contribution in [2.45, 2.75) is 6.92 Å². The van der Waals surface area contributed by atoms with Gasteiger partial charge in [0.2, 0.25) is 0 Å². The van der Waals surface area contributed by atoms with Crippen molar-refractivity contribution in [3.05, 3.63) is 72.7 Å². The van der Waals surface area contributed by atoms with Crippen LogP contribution in [0.1, 0.15) is 5.69 Å². The molecule has 0 unspecified atom stereocenters. The number of benzene rings is 2. The van der Waals surface area contributed by atoms with E-state index in [0.717, 1.165) is 33.8 Å². The molecule has 1 N–H and O–H groups in total. The first-order valence-corrected chi connectivity index (χ1v) is 7.67. The summed E-state index contributed by atoms with van der Waals surface area (Å²) >= 11 is 0. The smallest absolute Gasteiger partial charge is 0.161 e. The molecule has 116 valence electrons. The number of hydrogen-bond donors (Lipinski definition) is 1. The normalized spacial score (nSPS) is 10.7. The Labute approximate surface area is 139 Å². The second-order valence-corrected chi connectivity index (χ2v) is 5.47. The highest BCUT2D eigenvalue weighted by Gasteiger charge is 2.06. The van der Waals surface area contributed by atoms with Crippen molar-refractivity contribution in [2.24, 2.45) is 0 Å². The summed E-state index contributed by atoms with van der Waals surface area (Å²) in [6.45, 7) is 1.96. The Morgan fingerprint density at radius 1 is 0.792 bits per heavy atom. The zero-order chi connectivity index (χ0) is 16.4. The third kappa shape index (κ3) is 2.92. The van der Waals surface area contributed by atoms with E-state index < -0.39 is 0 Å². The minimum Gasteiger partial charge on any atom is -0.340 e. The Hall–Kier alpha value is -3.34. The minimum absolute atomic E-state index is 0.707. The lowest BCUT2D eigenvalue weighted by atomic mass is 10.2. The van der Waals surface area contributed by atoms with Crippen LogP contribution in [0.15, 0.2) is 67.0 Å². The van der Waals surface area contributed by atoms with E-state index in [1.54, 1.807) is 12.4 Å². The molecule has 2 aromatic carbocycles. The fourth-order valence-corrected chi connectivity index (χ4v) is 2.54. The molecular weight excluding hydrogens is 298 g/mol. The summed E-state index contributed by atoms with van der Waals surface area (Å²) in [5.41, 5.74) is 4.53. The van der Waals surface area contributed by atoms with Gasteiger partial charge in [-0.2, -0.15) is 0 Å². The summed E-state index contributed by atoms with van der Waals surface area (Å²) < 4.78 is 0. The molecule has 0 saturated carbocycles. The molecule has 5 nitrogen and oxygen atoms in total. The SMILES string of the molecule is Cc1cc(Nc2ccc3nccnc3c2)nc(-c2ccccc2)n1. The molecule has 4 rings (SSSR count). The van der Waals surface area contributed by atoms with Crippen molar-refractivity contribution in [1.29, 1.82) is 0 Å². The van der Waals surface area contributed by atoms with E-state index in [-0.39, 0.29) is 0 Å². The Kier molecular flexibility index (Phi) is 3.59. The van der Waals surface area contributed by atoms with Gasteiger partial charge in [0.05, 0.1) is 11.0 Å². The summed E-state index contributed by atoms with van der Waals surface area (Å²) in [5.74, 6) is 1.46. The lowest BCUT2D eigenvalue weighted by Crippen LogP contribution is -1.99. The van der Waals surface area contributed by atoms with Gasteiger partial charge < -0.3 is 5.32 Å². The standard InChI is InChI=1S/C19H15N5/c1-13-11-18(24-19(22-13)14-5-3-2-4-6-14)23-15-7-8-16-17(12-15)21-10-9-20-16/h2-12H,1H3,(H,22,23,24). The zero-order valence-electron chi connectivity index (χ0n) is 13.1. The first-order chi connectivity index (χ1) is 11.8. The van der Waals surface area contributed by atoms with Gasteiger partial charge in [0.25, 0.3) is 0 Å².